The van der Waals surface area contributed by atoms with Crippen LogP contribution in [0.4, 0.5) is 5.69 Å². The maximum atomic E-state index is 12.6. The number of halogens is 1. The highest BCUT2D eigenvalue weighted by atomic mass is 79.9. The van der Waals surface area contributed by atoms with Crippen LogP contribution in [0.1, 0.15) is 27.0 Å². The molecule has 0 unspecified atom stereocenters. The summed E-state index contributed by atoms with van der Waals surface area (Å²) in [7, 11) is 1.64. The lowest BCUT2D eigenvalue weighted by molar-refractivity contribution is -0.116. The molecule has 0 aliphatic rings. The summed E-state index contributed by atoms with van der Waals surface area (Å²) in [5.74, 6) is -0.375. The number of hydrogen-bond donors (Lipinski definition) is 1. The number of hydrogen-bond acceptors (Lipinski definition) is 2. The molecule has 2 rings (SSSR count). The topological polar surface area (TPSA) is 49.4 Å². The van der Waals surface area contributed by atoms with Crippen molar-refractivity contribution in [1.82, 2.24) is 4.90 Å². The number of nitrogens with zero attached hydrogens (tertiary/aromatic N) is 1. The zero-order valence-electron chi connectivity index (χ0n) is 14.3. The van der Waals surface area contributed by atoms with Gasteiger partial charge in [-0.25, -0.2) is 0 Å². The minimum atomic E-state index is -0.221. The van der Waals surface area contributed by atoms with E-state index < -0.39 is 0 Å². The van der Waals surface area contributed by atoms with Crippen LogP contribution in [-0.4, -0.2) is 30.3 Å². The van der Waals surface area contributed by atoms with Gasteiger partial charge in [0.05, 0.1) is 6.54 Å². The summed E-state index contributed by atoms with van der Waals surface area (Å²) in [6.07, 6.45) is 0. The smallest absolute Gasteiger partial charge is 0.254 e. The molecular weight excluding hydrogens is 368 g/mol. The number of nitrogens with one attached hydrogen (secondary N) is 1. The van der Waals surface area contributed by atoms with Crippen LogP contribution in [-0.2, 0) is 4.79 Å². The molecule has 0 spiro atoms. The summed E-state index contributed by atoms with van der Waals surface area (Å²) in [5.41, 5.74) is 4.34. The normalized spacial score (nSPS) is 10.4. The number of rotatable bonds is 4. The summed E-state index contributed by atoms with van der Waals surface area (Å²) >= 11 is 3.39. The van der Waals surface area contributed by atoms with E-state index in [1.54, 1.807) is 13.1 Å². The van der Waals surface area contributed by atoms with Gasteiger partial charge in [0, 0.05) is 22.8 Å². The highest BCUT2D eigenvalue weighted by Gasteiger charge is 2.17. The van der Waals surface area contributed by atoms with Crippen molar-refractivity contribution < 1.29 is 9.59 Å². The molecule has 0 aromatic heterocycles. The van der Waals surface area contributed by atoms with Gasteiger partial charge in [-0.3, -0.25) is 9.59 Å². The Morgan fingerprint density at radius 3 is 2.46 bits per heavy atom. The first-order chi connectivity index (χ1) is 11.3. The monoisotopic (exact) mass is 388 g/mol. The van der Waals surface area contributed by atoms with E-state index >= 15 is 0 Å². The lowest BCUT2D eigenvalue weighted by Crippen LogP contribution is -2.35. The second kappa shape index (κ2) is 7.62. The Hall–Kier alpha value is -2.14. The molecule has 1 N–H and O–H groups in total. The summed E-state index contributed by atoms with van der Waals surface area (Å²) in [6, 6.07) is 11.2. The van der Waals surface area contributed by atoms with Gasteiger partial charge < -0.3 is 10.2 Å². The van der Waals surface area contributed by atoms with Crippen molar-refractivity contribution in [3.8, 4) is 0 Å². The number of likely N-dealkylation sites (N-methyl/N-ethyl adjacent to an activating group) is 1. The van der Waals surface area contributed by atoms with Crippen molar-refractivity contribution in [3.63, 3.8) is 0 Å². The molecule has 2 aromatic carbocycles. The van der Waals surface area contributed by atoms with E-state index in [2.05, 4.69) is 21.2 Å². The zero-order chi connectivity index (χ0) is 17.9. The molecule has 0 saturated carbocycles. The van der Waals surface area contributed by atoms with Crippen LogP contribution >= 0.6 is 15.9 Å². The molecule has 2 aromatic rings. The predicted octanol–water partition coefficient (Wildman–Crippen LogP) is 4.09. The van der Waals surface area contributed by atoms with Crippen molar-refractivity contribution in [2.75, 3.05) is 18.9 Å². The largest absolute Gasteiger partial charge is 0.332 e. The van der Waals surface area contributed by atoms with Gasteiger partial charge in [0.2, 0.25) is 5.91 Å². The van der Waals surface area contributed by atoms with Crippen LogP contribution in [0.25, 0.3) is 0 Å². The molecule has 24 heavy (non-hydrogen) atoms. The molecule has 0 radical (unpaired) electrons. The van der Waals surface area contributed by atoms with Crippen LogP contribution in [0.5, 0.6) is 0 Å². The van der Waals surface area contributed by atoms with E-state index in [9.17, 15) is 9.59 Å². The molecule has 2 amide bonds. The molecule has 0 bridgehead atoms. The maximum absolute atomic E-state index is 12.6. The number of benzene rings is 2. The fraction of sp³-hybridized carbons (Fsp3) is 0.263. The van der Waals surface area contributed by atoms with E-state index in [0.29, 0.717) is 5.56 Å². The number of amides is 2. The second-order valence-corrected chi connectivity index (χ2v) is 6.83. The van der Waals surface area contributed by atoms with Gasteiger partial charge >= 0.3 is 0 Å². The molecule has 0 aliphatic heterocycles. The fourth-order valence-corrected chi connectivity index (χ4v) is 2.91. The fourth-order valence-electron chi connectivity index (χ4n) is 2.43. The van der Waals surface area contributed by atoms with E-state index in [-0.39, 0.29) is 18.4 Å². The third kappa shape index (κ3) is 4.23. The zero-order valence-corrected chi connectivity index (χ0v) is 15.9. The third-order valence-corrected chi connectivity index (χ3v) is 4.52. The van der Waals surface area contributed by atoms with E-state index in [1.807, 2.05) is 51.1 Å². The Bertz CT molecular complexity index is 787. The average molecular weight is 389 g/mol. The molecule has 5 heteroatoms. The standard InChI is InChI=1S/C19H21BrN2O2/c1-12-6-5-7-16(14(12)3)19(24)22(4)11-18(23)21-17-9-8-15(20)10-13(17)2/h5-10H,11H2,1-4H3,(H,21,23). The Balaban J connectivity index is 2.05. The van der Waals surface area contributed by atoms with Crippen LogP contribution in [0.2, 0.25) is 0 Å². The number of aryl methyl sites for hydroxylation is 2. The van der Waals surface area contributed by atoms with Crippen molar-refractivity contribution in [2.24, 2.45) is 0 Å². The molecular formula is C19H21BrN2O2. The Kier molecular flexibility index (Phi) is 5.78. The summed E-state index contributed by atoms with van der Waals surface area (Å²) in [4.78, 5) is 26.2. The molecule has 0 heterocycles. The molecule has 0 fully saturated rings. The predicted molar refractivity (Wildman–Crippen MR) is 100 cm³/mol. The molecule has 0 atom stereocenters. The van der Waals surface area contributed by atoms with Gasteiger partial charge in [0.1, 0.15) is 0 Å². The van der Waals surface area contributed by atoms with Gasteiger partial charge in [0.15, 0.2) is 0 Å². The van der Waals surface area contributed by atoms with E-state index in [4.69, 9.17) is 0 Å². The first-order valence-corrected chi connectivity index (χ1v) is 8.46. The number of carbonyl (C=O) groups excluding carboxylic acids is 2. The number of anilines is 1. The highest BCUT2D eigenvalue weighted by molar-refractivity contribution is 9.10. The summed E-state index contributed by atoms with van der Waals surface area (Å²) in [5, 5.41) is 2.85. The minimum Gasteiger partial charge on any atom is -0.332 e. The van der Waals surface area contributed by atoms with Crippen molar-refractivity contribution in [2.45, 2.75) is 20.8 Å². The average Bonchev–Trinajstić information content (AvgIpc) is 2.52. The lowest BCUT2D eigenvalue weighted by atomic mass is 10.0. The molecule has 4 nitrogen and oxygen atoms in total. The van der Waals surface area contributed by atoms with Gasteiger partial charge in [0.25, 0.3) is 5.91 Å². The van der Waals surface area contributed by atoms with Crippen LogP contribution in [0.15, 0.2) is 40.9 Å². The molecule has 0 saturated heterocycles. The van der Waals surface area contributed by atoms with E-state index in [1.165, 1.54) is 4.90 Å². The van der Waals surface area contributed by atoms with E-state index in [0.717, 1.165) is 26.9 Å². The Labute approximate surface area is 151 Å². The summed E-state index contributed by atoms with van der Waals surface area (Å²) < 4.78 is 0.959. The lowest BCUT2D eigenvalue weighted by Gasteiger charge is -2.19. The van der Waals surface area contributed by atoms with Crippen molar-refractivity contribution in [3.05, 3.63) is 63.1 Å². The van der Waals surface area contributed by atoms with Gasteiger partial charge in [-0.05, 0) is 61.7 Å². The number of carbonyl (C=O) groups is 2. The molecule has 126 valence electrons. The van der Waals surface area contributed by atoms with Gasteiger partial charge in [-0.1, -0.05) is 28.1 Å². The van der Waals surface area contributed by atoms with Crippen molar-refractivity contribution >= 4 is 33.4 Å². The van der Waals surface area contributed by atoms with Crippen LogP contribution in [0.3, 0.4) is 0 Å². The van der Waals surface area contributed by atoms with Crippen LogP contribution in [0, 0.1) is 20.8 Å². The van der Waals surface area contributed by atoms with Crippen LogP contribution < -0.4 is 5.32 Å². The SMILES string of the molecule is Cc1cc(Br)ccc1NC(=O)CN(C)C(=O)c1cccc(C)c1C. The summed E-state index contributed by atoms with van der Waals surface area (Å²) in [6.45, 7) is 5.81. The molecule has 0 aliphatic carbocycles. The first-order valence-electron chi connectivity index (χ1n) is 7.67. The Morgan fingerprint density at radius 1 is 1.08 bits per heavy atom. The Morgan fingerprint density at radius 2 is 1.79 bits per heavy atom. The van der Waals surface area contributed by atoms with Crippen molar-refractivity contribution in [1.29, 1.82) is 0 Å². The quantitative estimate of drug-likeness (QED) is 0.857. The maximum Gasteiger partial charge on any atom is 0.254 e. The van der Waals surface area contributed by atoms with Gasteiger partial charge in [-0.2, -0.15) is 0 Å². The van der Waals surface area contributed by atoms with Gasteiger partial charge in [-0.15, -0.1) is 0 Å². The highest BCUT2D eigenvalue weighted by Crippen LogP contribution is 2.20. The first kappa shape index (κ1) is 18.2. The second-order valence-electron chi connectivity index (χ2n) is 5.92. The third-order valence-electron chi connectivity index (χ3n) is 4.03. The minimum absolute atomic E-state index is 0.00171.